The van der Waals surface area contributed by atoms with Crippen LogP contribution >= 0.6 is 0 Å². The molecule has 1 nitrogen and oxygen atoms in total. The first-order valence-corrected chi connectivity index (χ1v) is 16.9. The van der Waals surface area contributed by atoms with E-state index in [1.165, 1.54) is 173 Å². The number of hydrogen-bond donors (Lipinski definition) is 0. The summed E-state index contributed by atoms with van der Waals surface area (Å²) in [5.74, 6) is 0.860. The summed E-state index contributed by atoms with van der Waals surface area (Å²) >= 11 is 0. The molecule has 0 rings (SSSR count). The van der Waals surface area contributed by atoms with Gasteiger partial charge in [-0.2, -0.15) is 0 Å². The molecule has 0 aliphatic rings. The van der Waals surface area contributed by atoms with E-state index in [4.69, 9.17) is 0 Å². The molecule has 0 saturated heterocycles. The van der Waals surface area contributed by atoms with E-state index in [1.807, 2.05) is 0 Å². The third kappa shape index (κ3) is 24.1. The Morgan fingerprint density at radius 2 is 0.714 bits per heavy atom. The Hall–Kier alpha value is -0.0400. The highest BCUT2D eigenvalue weighted by Gasteiger charge is 2.21. The maximum atomic E-state index is 2.77. The van der Waals surface area contributed by atoms with Crippen LogP contribution in [0.4, 0.5) is 0 Å². The lowest BCUT2D eigenvalue weighted by Crippen LogP contribution is -2.37. The molecule has 0 aliphatic carbocycles. The molecule has 0 N–H and O–H groups in total. The lowest BCUT2D eigenvalue weighted by Gasteiger charge is -2.33. The fourth-order valence-electron chi connectivity index (χ4n) is 5.88. The average Bonchev–Trinajstić information content (AvgIpc) is 2.86. The Kier molecular flexibility index (Phi) is 28.5. The second kappa shape index (κ2) is 28.5. The van der Waals surface area contributed by atoms with Crippen molar-refractivity contribution in [1.82, 2.24) is 4.90 Å². The van der Waals surface area contributed by atoms with Gasteiger partial charge in [-0.05, 0) is 38.8 Å². The van der Waals surface area contributed by atoms with E-state index < -0.39 is 0 Å². The van der Waals surface area contributed by atoms with Gasteiger partial charge >= 0.3 is 0 Å². The molecule has 0 saturated carbocycles. The zero-order valence-electron chi connectivity index (χ0n) is 25.7. The quantitative estimate of drug-likeness (QED) is 0.0936. The van der Waals surface area contributed by atoms with Gasteiger partial charge in [-0.3, -0.25) is 0 Å². The van der Waals surface area contributed by atoms with Crippen molar-refractivity contribution in [1.29, 1.82) is 0 Å². The van der Waals surface area contributed by atoms with Crippen LogP contribution in [0, 0.1) is 5.92 Å². The van der Waals surface area contributed by atoms with Crippen LogP contribution in [0.1, 0.15) is 195 Å². The molecule has 0 aromatic carbocycles. The van der Waals surface area contributed by atoms with E-state index in [0.29, 0.717) is 0 Å². The average molecular weight is 494 g/mol. The van der Waals surface area contributed by atoms with E-state index in [0.717, 1.165) is 12.0 Å². The molecule has 2 atom stereocenters. The number of hydrogen-bond acceptors (Lipinski definition) is 1. The van der Waals surface area contributed by atoms with Crippen molar-refractivity contribution in [3.63, 3.8) is 0 Å². The fourth-order valence-corrected chi connectivity index (χ4v) is 5.88. The highest BCUT2D eigenvalue weighted by Crippen LogP contribution is 2.24. The normalized spacial score (nSPS) is 13.5. The van der Waals surface area contributed by atoms with Gasteiger partial charge in [0.05, 0.1) is 0 Å². The van der Waals surface area contributed by atoms with Crippen LogP contribution in [-0.4, -0.2) is 24.5 Å². The molecule has 35 heavy (non-hydrogen) atoms. The molecule has 2 unspecified atom stereocenters. The standard InChI is InChI=1S/C34H71N/c1-6-9-12-15-17-19-21-23-26-29-32-35(5)34(33(4)30-27-24-14-11-8-3)31-28-25-22-20-18-16-13-10-7-2/h33-34H,6-32H2,1-5H3. The predicted octanol–water partition coefficient (Wildman–Crippen LogP) is 12.1. The van der Waals surface area contributed by atoms with Crippen molar-refractivity contribution in [2.24, 2.45) is 5.92 Å². The van der Waals surface area contributed by atoms with Crippen LogP contribution in [0.2, 0.25) is 0 Å². The summed E-state index contributed by atoms with van der Waals surface area (Å²) < 4.78 is 0. The van der Waals surface area contributed by atoms with Crippen molar-refractivity contribution in [2.45, 2.75) is 201 Å². The molecule has 0 aliphatic heterocycles. The maximum Gasteiger partial charge on any atom is 0.0118 e. The minimum Gasteiger partial charge on any atom is -0.303 e. The largest absolute Gasteiger partial charge is 0.303 e. The van der Waals surface area contributed by atoms with Gasteiger partial charge in [0.25, 0.3) is 0 Å². The van der Waals surface area contributed by atoms with Crippen molar-refractivity contribution in [3.8, 4) is 0 Å². The van der Waals surface area contributed by atoms with Gasteiger partial charge in [-0.1, -0.05) is 175 Å². The molecule has 212 valence electrons. The topological polar surface area (TPSA) is 3.24 Å². The highest BCUT2D eigenvalue weighted by atomic mass is 15.1. The zero-order valence-corrected chi connectivity index (χ0v) is 25.7. The Bertz CT molecular complexity index is 379. The van der Waals surface area contributed by atoms with E-state index in [9.17, 15) is 0 Å². The van der Waals surface area contributed by atoms with Crippen LogP contribution in [0.15, 0.2) is 0 Å². The van der Waals surface area contributed by atoms with Crippen LogP contribution < -0.4 is 0 Å². The molecule has 0 amide bonds. The summed E-state index contributed by atoms with van der Waals surface area (Å²) in [5, 5.41) is 0. The van der Waals surface area contributed by atoms with Crippen molar-refractivity contribution < 1.29 is 0 Å². The Morgan fingerprint density at radius 1 is 0.400 bits per heavy atom. The van der Waals surface area contributed by atoms with Gasteiger partial charge in [-0.15, -0.1) is 0 Å². The van der Waals surface area contributed by atoms with Gasteiger partial charge in [0.2, 0.25) is 0 Å². The Morgan fingerprint density at radius 3 is 1.11 bits per heavy atom. The minimum absolute atomic E-state index is 0.810. The van der Waals surface area contributed by atoms with Gasteiger partial charge in [0, 0.05) is 6.04 Å². The molecule has 0 fully saturated rings. The third-order valence-corrected chi connectivity index (χ3v) is 8.45. The first-order chi connectivity index (χ1) is 17.2. The van der Waals surface area contributed by atoms with Gasteiger partial charge in [0.15, 0.2) is 0 Å². The maximum absolute atomic E-state index is 2.77. The summed E-state index contributed by atoms with van der Waals surface area (Å²) in [6.45, 7) is 10.8. The smallest absolute Gasteiger partial charge is 0.0118 e. The first-order valence-electron chi connectivity index (χ1n) is 16.9. The van der Waals surface area contributed by atoms with E-state index in [1.54, 1.807) is 0 Å². The van der Waals surface area contributed by atoms with Crippen LogP contribution in [-0.2, 0) is 0 Å². The third-order valence-electron chi connectivity index (χ3n) is 8.45. The van der Waals surface area contributed by atoms with Crippen LogP contribution in [0.25, 0.3) is 0 Å². The highest BCUT2D eigenvalue weighted by molar-refractivity contribution is 4.76. The summed E-state index contributed by atoms with van der Waals surface area (Å²) in [7, 11) is 2.44. The van der Waals surface area contributed by atoms with Gasteiger partial charge in [0.1, 0.15) is 0 Å². The minimum atomic E-state index is 0.810. The molecule has 0 radical (unpaired) electrons. The molecule has 0 heterocycles. The van der Waals surface area contributed by atoms with Crippen molar-refractivity contribution in [3.05, 3.63) is 0 Å². The number of rotatable bonds is 29. The lowest BCUT2D eigenvalue weighted by atomic mass is 9.89. The van der Waals surface area contributed by atoms with Gasteiger partial charge in [-0.25, -0.2) is 0 Å². The van der Waals surface area contributed by atoms with E-state index in [2.05, 4.69) is 39.6 Å². The lowest BCUT2D eigenvalue weighted by molar-refractivity contribution is 0.158. The van der Waals surface area contributed by atoms with E-state index >= 15 is 0 Å². The molecule has 1 heteroatoms. The second-order valence-corrected chi connectivity index (χ2v) is 12.0. The monoisotopic (exact) mass is 494 g/mol. The van der Waals surface area contributed by atoms with Crippen LogP contribution in [0.5, 0.6) is 0 Å². The zero-order chi connectivity index (χ0) is 25.8. The van der Waals surface area contributed by atoms with Crippen molar-refractivity contribution >= 4 is 0 Å². The summed E-state index contributed by atoms with van der Waals surface area (Å²) in [6, 6.07) is 0.810. The second-order valence-electron chi connectivity index (χ2n) is 12.0. The van der Waals surface area contributed by atoms with Gasteiger partial charge < -0.3 is 4.90 Å². The number of unbranched alkanes of at least 4 members (excludes halogenated alkanes) is 21. The molecule has 0 spiro atoms. The number of nitrogens with zero attached hydrogens (tertiary/aromatic N) is 1. The predicted molar refractivity (Wildman–Crippen MR) is 163 cm³/mol. The Labute approximate surface area is 225 Å². The molecule has 0 aromatic rings. The molecular weight excluding hydrogens is 422 g/mol. The Balaban J connectivity index is 4.15. The SMILES string of the molecule is CCCCCCCCCCCCN(C)C(CCCCCCCCCCC)C(C)CCCCCCC. The summed E-state index contributed by atoms with van der Waals surface area (Å²) in [4.78, 5) is 2.77. The molecule has 0 aromatic heterocycles. The molecule has 0 bridgehead atoms. The van der Waals surface area contributed by atoms with Crippen molar-refractivity contribution in [2.75, 3.05) is 13.6 Å². The fraction of sp³-hybridized carbons (Fsp3) is 1.00. The van der Waals surface area contributed by atoms with E-state index in [-0.39, 0.29) is 0 Å². The molecular formula is C34H71N. The first kappa shape index (κ1) is 35.0. The van der Waals surface area contributed by atoms with Crippen LogP contribution in [0.3, 0.4) is 0 Å². The summed E-state index contributed by atoms with van der Waals surface area (Å²) in [5.41, 5.74) is 0. The summed E-state index contributed by atoms with van der Waals surface area (Å²) in [6.07, 6.45) is 37.4.